The summed E-state index contributed by atoms with van der Waals surface area (Å²) in [4.78, 5) is 8.09. The van der Waals surface area contributed by atoms with Crippen LogP contribution in [0.15, 0.2) is 10.9 Å². The fraction of sp³-hybridized carbons (Fsp3) is 0.500. The molecule has 0 radical (unpaired) electrons. The quantitative estimate of drug-likeness (QED) is 0.847. The van der Waals surface area contributed by atoms with Crippen LogP contribution in [-0.2, 0) is 11.3 Å². The van der Waals surface area contributed by atoms with Crippen LogP contribution in [0.4, 0.5) is 0 Å². The summed E-state index contributed by atoms with van der Waals surface area (Å²) in [6.45, 7) is 4.68. The highest BCUT2D eigenvalue weighted by atomic mass is 35.5. The van der Waals surface area contributed by atoms with Crippen LogP contribution in [0.2, 0.25) is 10.3 Å². The molecule has 0 spiro atoms. The zero-order chi connectivity index (χ0) is 13.1. The lowest BCUT2D eigenvalue weighted by Gasteiger charge is -2.04. The van der Waals surface area contributed by atoms with Crippen molar-refractivity contribution in [1.82, 2.24) is 19.7 Å². The molecule has 0 saturated carbocycles. The summed E-state index contributed by atoms with van der Waals surface area (Å²) in [6.07, 6.45) is 1.31. The second-order valence-corrected chi connectivity index (χ2v) is 4.31. The van der Waals surface area contributed by atoms with Gasteiger partial charge in [-0.2, -0.15) is 4.98 Å². The molecule has 0 saturated heterocycles. The van der Waals surface area contributed by atoms with Crippen molar-refractivity contribution < 1.29 is 9.26 Å². The van der Waals surface area contributed by atoms with Crippen LogP contribution < -0.4 is 0 Å². The Morgan fingerprint density at radius 3 is 2.89 bits per heavy atom. The Balaban J connectivity index is 2.09. The van der Waals surface area contributed by atoms with Gasteiger partial charge >= 0.3 is 0 Å². The standard InChI is InChI=1S/C10H12Cl2N4O2/c1-3-17-6(2)10-14-7(18-15-10)4-16-5-13-8(11)9(16)12/h5-6H,3-4H2,1-2H3. The van der Waals surface area contributed by atoms with Gasteiger partial charge in [-0.1, -0.05) is 28.4 Å². The zero-order valence-electron chi connectivity index (χ0n) is 9.93. The third-order valence-electron chi connectivity index (χ3n) is 2.30. The van der Waals surface area contributed by atoms with E-state index < -0.39 is 0 Å². The Hall–Kier alpha value is -1.11. The molecule has 2 aromatic heterocycles. The maximum absolute atomic E-state index is 5.93. The molecular formula is C10H12Cl2N4O2. The monoisotopic (exact) mass is 290 g/mol. The first-order chi connectivity index (χ1) is 8.61. The van der Waals surface area contributed by atoms with E-state index >= 15 is 0 Å². The number of imidazole rings is 1. The largest absolute Gasteiger partial charge is 0.371 e. The van der Waals surface area contributed by atoms with Crippen LogP contribution in [0.3, 0.4) is 0 Å². The summed E-state index contributed by atoms with van der Waals surface area (Å²) in [6, 6.07) is 0. The van der Waals surface area contributed by atoms with E-state index in [0.717, 1.165) is 0 Å². The van der Waals surface area contributed by atoms with Gasteiger partial charge in [-0.05, 0) is 13.8 Å². The van der Waals surface area contributed by atoms with E-state index in [1.165, 1.54) is 6.33 Å². The van der Waals surface area contributed by atoms with E-state index in [9.17, 15) is 0 Å². The minimum Gasteiger partial charge on any atom is -0.371 e. The lowest BCUT2D eigenvalue weighted by molar-refractivity contribution is 0.0683. The smallest absolute Gasteiger partial charge is 0.246 e. The van der Waals surface area contributed by atoms with Crippen LogP contribution in [0.25, 0.3) is 0 Å². The molecule has 0 aromatic carbocycles. The summed E-state index contributed by atoms with van der Waals surface area (Å²) >= 11 is 11.7. The van der Waals surface area contributed by atoms with Crippen molar-refractivity contribution >= 4 is 23.2 Å². The second kappa shape index (κ2) is 5.69. The van der Waals surface area contributed by atoms with Gasteiger partial charge in [0.1, 0.15) is 17.8 Å². The zero-order valence-corrected chi connectivity index (χ0v) is 11.4. The van der Waals surface area contributed by atoms with Crippen molar-refractivity contribution in [2.24, 2.45) is 0 Å². The molecule has 0 bridgehead atoms. The van der Waals surface area contributed by atoms with E-state index in [-0.39, 0.29) is 11.3 Å². The number of halogens is 2. The Morgan fingerprint density at radius 2 is 2.28 bits per heavy atom. The first-order valence-corrected chi connectivity index (χ1v) is 6.17. The molecule has 98 valence electrons. The number of ether oxygens (including phenoxy) is 1. The van der Waals surface area contributed by atoms with Crippen molar-refractivity contribution in [3.8, 4) is 0 Å². The average molecular weight is 291 g/mol. The van der Waals surface area contributed by atoms with Crippen LogP contribution in [0, 0.1) is 0 Å². The minimum absolute atomic E-state index is 0.200. The molecule has 6 nitrogen and oxygen atoms in total. The molecule has 2 rings (SSSR count). The summed E-state index contributed by atoms with van der Waals surface area (Å²) in [5.74, 6) is 0.932. The molecule has 2 heterocycles. The summed E-state index contributed by atoms with van der Waals surface area (Å²) in [7, 11) is 0. The fourth-order valence-electron chi connectivity index (χ4n) is 1.42. The summed E-state index contributed by atoms with van der Waals surface area (Å²) in [5.41, 5.74) is 0. The van der Waals surface area contributed by atoms with Gasteiger partial charge < -0.3 is 13.8 Å². The van der Waals surface area contributed by atoms with Crippen LogP contribution in [-0.4, -0.2) is 26.3 Å². The van der Waals surface area contributed by atoms with Gasteiger partial charge in [0.2, 0.25) is 5.89 Å². The Bertz CT molecular complexity index is 526. The van der Waals surface area contributed by atoms with Crippen molar-refractivity contribution in [1.29, 1.82) is 0 Å². The van der Waals surface area contributed by atoms with Gasteiger partial charge in [0, 0.05) is 6.61 Å². The van der Waals surface area contributed by atoms with Gasteiger partial charge in [-0.3, -0.25) is 0 Å². The topological polar surface area (TPSA) is 66.0 Å². The normalized spacial score (nSPS) is 12.9. The van der Waals surface area contributed by atoms with Crippen molar-refractivity contribution in [3.63, 3.8) is 0 Å². The summed E-state index contributed by atoms with van der Waals surface area (Å²) in [5, 5.41) is 4.44. The van der Waals surface area contributed by atoms with Crippen molar-refractivity contribution in [2.45, 2.75) is 26.5 Å². The molecule has 8 heteroatoms. The van der Waals surface area contributed by atoms with Gasteiger partial charge in [-0.25, -0.2) is 4.98 Å². The molecule has 0 fully saturated rings. The van der Waals surface area contributed by atoms with Crippen LogP contribution in [0.1, 0.15) is 31.7 Å². The number of nitrogens with zero attached hydrogens (tertiary/aromatic N) is 4. The fourth-order valence-corrected chi connectivity index (χ4v) is 1.73. The third kappa shape index (κ3) is 2.82. The van der Waals surface area contributed by atoms with Crippen LogP contribution in [0.5, 0.6) is 0 Å². The number of hydrogen-bond donors (Lipinski definition) is 0. The van der Waals surface area contributed by atoms with Crippen molar-refractivity contribution in [2.75, 3.05) is 6.61 Å². The second-order valence-electron chi connectivity index (χ2n) is 3.60. The lowest BCUT2D eigenvalue weighted by atomic mass is 10.4. The van der Waals surface area contributed by atoms with Gasteiger partial charge in [0.05, 0.1) is 6.33 Å². The highest BCUT2D eigenvalue weighted by Crippen LogP contribution is 2.20. The predicted octanol–water partition coefficient (Wildman–Crippen LogP) is 2.72. The summed E-state index contributed by atoms with van der Waals surface area (Å²) < 4.78 is 12.1. The van der Waals surface area contributed by atoms with E-state index in [4.69, 9.17) is 32.5 Å². The van der Waals surface area contributed by atoms with E-state index in [1.54, 1.807) is 4.57 Å². The van der Waals surface area contributed by atoms with Gasteiger partial charge in [0.25, 0.3) is 0 Å². The van der Waals surface area contributed by atoms with E-state index in [2.05, 4.69) is 15.1 Å². The molecule has 0 N–H and O–H groups in total. The number of hydrogen-bond acceptors (Lipinski definition) is 5. The minimum atomic E-state index is -0.200. The molecule has 0 aliphatic rings. The molecule has 1 atom stereocenters. The van der Waals surface area contributed by atoms with E-state index in [1.807, 2.05) is 13.8 Å². The molecule has 0 amide bonds. The Kier molecular flexibility index (Phi) is 4.21. The van der Waals surface area contributed by atoms with Gasteiger partial charge in [0.15, 0.2) is 11.0 Å². The third-order valence-corrected chi connectivity index (χ3v) is 3.07. The SMILES string of the molecule is CCOC(C)c1noc(Cn2cnc(Cl)c2Cl)n1. The molecular weight excluding hydrogens is 279 g/mol. The number of aromatic nitrogens is 4. The molecule has 18 heavy (non-hydrogen) atoms. The molecule has 2 aromatic rings. The predicted molar refractivity (Wildman–Crippen MR) is 65.7 cm³/mol. The van der Waals surface area contributed by atoms with Crippen LogP contribution >= 0.6 is 23.2 Å². The highest BCUT2D eigenvalue weighted by molar-refractivity contribution is 6.40. The maximum Gasteiger partial charge on any atom is 0.246 e. The average Bonchev–Trinajstić information content (AvgIpc) is 2.92. The molecule has 1 unspecified atom stereocenters. The Labute approximate surface area is 114 Å². The first-order valence-electron chi connectivity index (χ1n) is 5.42. The molecule has 0 aliphatic carbocycles. The van der Waals surface area contributed by atoms with Crippen molar-refractivity contribution in [3.05, 3.63) is 28.3 Å². The molecule has 0 aliphatic heterocycles. The highest BCUT2D eigenvalue weighted by Gasteiger charge is 2.15. The van der Waals surface area contributed by atoms with E-state index in [0.29, 0.717) is 30.0 Å². The first kappa shape index (κ1) is 13.3. The Morgan fingerprint density at radius 1 is 1.50 bits per heavy atom. The lowest BCUT2D eigenvalue weighted by Crippen LogP contribution is -2.03. The number of rotatable bonds is 5. The maximum atomic E-state index is 5.93. The van der Waals surface area contributed by atoms with Gasteiger partial charge in [-0.15, -0.1) is 0 Å².